The second-order valence-electron chi connectivity index (χ2n) is 15.1. The molecule has 0 aliphatic carbocycles. The first-order valence-electron chi connectivity index (χ1n) is 23.7. The zero-order valence-corrected chi connectivity index (χ0v) is 38.2. The van der Waals surface area contributed by atoms with Gasteiger partial charge >= 0.3 is 11.9 Å². The van der Waals surface area contributed by atoms with Crippen molar-refractivity contribution in [3.8, 4) is 0 Å². The number of aliphatic hydroxyl groups is 1. The number of carbonyl (C=O) groups excluding carboxylic acids is 2. The first kappa shape index (κ1) is 56.0. The Hall–Kier alpha value is -3.96. The fraction of sp³-hybridized carbons (Fsp3) is 0.564. The van der Waals surface area contributed by atoms with Crippen LogP contribution in [0.4, 0.5) is 0 Å². The highest BCUT2D eigenvalue weighted by atomic mass is 16.6. The van der Waals surface area contributed by atoms with Gasteiger partial charge in [0.15, 0.2) is 6.10 Å². The summed E-state index contributed by atoms with van der Waals surface area (Å²) in [7, 11) is 0. The number of rotatable bonds is 41. The molecule has 1 N–H and O–H groups in total. The van der Waals surface area contributed by atoms with Crippen LogP contribution in [0.25, 0.3) is 0 Å². The molecule has 0 aliphatic rings. The lowest BCUT2D eigenvalue weighted by atomic mass is 10.1. The van der Waals surface area contributed by atoms with Crippen LogP contribution in [0.1, 0.15) is 181 Å². The Balaban J connectivity index is 3.68. The quantitative estimate of drug-likeness (QED) is 0.0378. The Kier molecular flexibility index (Phi) is 46.1. The molecule has 0 saturated carbocycles. The van der Waals surface area contributed by atoms with Crippen molar-refractivity contribution >= 4 is 11.9 Å². The number of carbonyl (C=O) groups is 2. The highest BCUT2D eigenvalue weighted by Crippen LogP contribution is 2.12. The average Bonchev–Trinajstić information content (AvgIpc) is 3.25. The SMILES string of the molecule is CC/C=C\C/C=C\C/C=C\C/C=C\C/C=C\C/C=C\C/C=C\CCCCCC(=O)OC(CO)COC(=O)CCCCCCCCCC/C=C\C/C=C\C/C=C\C/C=C\CC. The van der Waals surface area contributed by atoms with E-state index in [1.165, 1.54) is 32.1 Å². The molecule has 0 amide bonds. The molecule has 5 heteroatoms. The van der Waals surface area contributed by atoms with E-state index < -0.39 is 6.10 Å². The third-order valence-corrected chi connectivity index (χ3v) is 9.44. The Morgan fingerprint density at radius 1 is 0.383 bits per heavy atom. The van der Waals surface area contributed by atoms with Crippen LogP contribution in [0, 0.1) is 0 Å². The predicted molar refractivity (Wildman–Crippen MR) is 260 cm³/mol. The van der Waals surface area contributed by atoms with Gasteiger partial charge < -0.3 is 14.6 Å². The number of hydrogen-bond acceptors (Lipinski definition) is 5. The van der Waals surface area contributed by atoms with E-state index in [1.807, 2.05) is 0 Å². The molecule has 336 valence electrons. The Morgan fingerprint density at radius 2 is 0.667 bits per heavy atom. The van der Waals surface area contributed by atoms with Crippen molar-refractivity contribution < 1.29 is 24.2 Å². The number of unbranched alkanes of at least 4 members (excludes halogenated alkanes) is 11. The van der Waals surface area contributed by atoms with Crippen LogP contribution < -0.4 is 0 Å². The summed E-state index contributed by atoms with van der Waals surface area (Å²) in [4.78, 5) is 24.4. The monoisotopic (exact) mass is 827 g/mol. The van der Waals surface area contributed by atoms with Crippen LogP contribution in [0.15, 0.2) is 134 Å². The van der Waals surface area contributed by atoms with Gasteiger partial charge in [-0.2, -0.15) is 0 Å². The van der Waals surface area contributed by atoms with Crippen LogP contribution in [-0.2, 0) is 19.1 Å². The largest absolute Gasteiger partial charge is 0.462 e. The van der Waals surface area contributed by atoms with Gasteiger partial charge in [-0.15, -0.1) is 0 Å². The van der Waals surface area contributed by atoms with Crippen molar-refractivity contribution in [2.24, 2.45) is 0 Å². The smallest absolute Gasteiger partial charge is 0.306 e. The zero-order valence-electron chi connectivity index (χ0n) is 38.2. The minimum atomic E-state index is -0.804. The third-order valence-electron chi connectivity index (χ3n) is 9.44. The van der Waals surface area contributed by atoms with Gasteiger partial charge in [0.05, 0.1) is 6.61 Å². The van der Waals surface area contributed by atoms with Crippen molar-refractivity contribution in [3.63, 3.8) is 0 Å². The molecule has 0 fully saturated rings. The average molecular weight is 827 g/mol. The molecule has 0 aromatic rings. The lowest BCUT2D eigenvalue weighted by Crippen LogP contribution is -2.28. The molecule has 5 nitrogen and oxygen atoms in total. The van der Waals surface area contributed by atoms with Gasteiger partial charge in [-0.1, -0.05) is 192 Å². The van der Waals surface area contributed by atoms with Gasteiger partial charge in [-0.05, 0) is 109 Å². The summed E-state index contributed by atoms with van der Waals surface area (Å²) >= 11 is 0. The van der Waals surface area contributed by atoms with E-state index >= 15 is 0 Å². The summed E-state index contributed by atoms with van der Waals surface area (Å²) in [6.45, 7) is 3.86. The van der Waals surface area contributed by atoms with Crippen LogP contribution in [0.5, 0.6) is 0 Å². The highest BCUT2D eigenvalue weighted by Gasteiger charge is 2.16. The van der Waals surface area contributed by atoms with Crippen molar-refractivity contribution in [1.82, 2.24) is 0 Å². The van der Waals surface area contributed by atoms with Crippen LogP contribution >= 0.6 is 0 Å². The summed E-state index contributed by atoms with van der Waals surface area (Å²) in [6.07, 6.45) is 73.8. The number of hydrogen-bond donors (Lipinski definition) is 1. The topological polar surface area (TPSA) is 72.8 Å². The van der Waals surface area contributed by atoms with E-state index in [4.69, 9.17) is 9.47 Å². The molecule has 0 radical (unpaired) electrons. The van der Waals surface area contributed by atoms with Gasteiger partial charge in [-0.3, -0.25) is 9.59 Å². The van der Waals surface area contributed by atoms with Crippen LogP contribution in [0.2, 0.25) is 0 Å². The minimum absolute atomic E-state index is 0.0937. The van der Waals surface area contributed by atoms with Gasteiger partial charge in [0, 0.05) is 12.8 Å². The van der Waals surface area contributed by atoms with E-state index in [0.717, 1.165) is 122 Å². The van der Waals surface area contributed by atoms with E-state index in [9.17, 15) is 14.7 Å². The molecule has 0 aromatic heterocycles. The summed E-state index contributed by atoms with van der Waals surface area (Å²) in [5.41, 5.74) is 0. The molecule has 60 heavy (non-hydrogen) atoms. The number of aliphatic hydroxyl groups excluding tert-OH is 1. The highest BCUT2D eigenvalue weighted by molar-refractivity contribution is 5.70. The normalized spacial score (nSPS) is 13.4. The summed E-state index contributed by atoms with van der Waals surface area (Å²) in [6, 6.07) is 0. The van der Waals surface area contributed by atoms with Gasteiger partial charge in [0.25, 0.3) is 0 Å². The van der Waals surface area contributed by atoms with E-state index in [-0.39, 0.29) is 25.2 Å². The maximum atomic E-state index is 12.2. The van der Waals surface area contributed by atoms with Crippen LogP contribution in [0.3, 0.4) is 0 Å². The maximum Gasteiger partial charge on any atom is 0.306 e. The Bertz CT molecular complexity index is 1300. The molecular weight excluding hydrogens is 741 g/mol. The lowest BCUT2D eigenvalue weighted by Gasteiger charge is -2.15. The summed E-state index contributed by atoms with van der Waals surface area (Å²) in [5.74, 6) is -0.651. The van der Waals surface area contributed by atoms with Gasteiger partial charge in [0.1, 0.15) is 6.61 Å². The predicted octanol–water partition coefficient (Wildman–Crippen LogP) is 15.7. The molecule has 0 spiro atoms. The molecule has 0 aromatic carbocycles. The van der Waals surface area contributed by atoms with Gasteiger partial charge in [0.2, 0.25) is 0 Å². The number of allylic oxidation sites excluding steroid dienone is 22. The Labute approximate surface area is 368 Å². The van der Waals surface area contributed by atoms with Crippen molar-refractivity contribution in [3.05, 3.63) is 134 Å². The molecular formula is C55H86O5. The fourth-order valence-electron chi connectivity index (χ4n) is 5.94. The molecule has 1 unspecified atom stereocenters. The molecule has 0 saturated heterocycles. The van der Waals surface area contributed by atoms with Crippen molar-refractivity contribution in [2.45, 2.75) is 187 Å². The lowest BCUT2D eigenvalue weighted by molar-refractivity contribution is -0.161. The number of esters is 2. The third kappa shape index (κ3) is 46.7. The molecule has 0 rings (SSSR count). The second kappa shape index (κ2) is 49.4. The standard InChI is InChI=1S/C55H86O5/c1-3-5-7-9-11-13-15-17-19-21-23-25-26-27-28-30-32-34-36-38-40-42-44-46-48-50-55(58)60-53(51-56)52-59-54(57)49-47-45-43-41-39-37-35-33-31-29-24-22-20-18-16-14-12-10-8-6-4-2/h5-8,11-14,17-20,23-25,27-29,32,34,38,40,53,56H,3-4,9-10,15-16,21-22,26,30-31,33,35-37,39,41-52H2,1-2H3/b7-5-,8-6-,13-11-,14-12-,19-17-,20-18-,25-23-,28-27-,29-24-,34-32-,40-38-. The molecule has 0 bridgehead atoms. The fourth-order valence-corrected chi connectivity index (χ4v) is 5.94. The van der Waals surface area contributed by atoms with Crippen molar-refractivity contribution in [2.75, 3.05) is 13.2 Å². The molecule has 0 heterocycles. The van der Waals surface area contributed by atoms with E-state index in [1.54, 1.807) is 0 Å². The van der Waals surface area contributed by atoms with Crippen molar-refractivity contribution in [1.29, 1.82) is 0 Å². The number of ether oxygens (including phenoxy) is 2. The van der Waals surface area contributed by atoms with Gasteiger partial charge in [-0.25, -0.2) is 0 Å². The summed E-state index contributed by atoms with van der Waals surface area (Å²) in [5, 5.41) is 9.61. The second-order valence-corrected chi connectivity index (χ2v) is 15.1. The molecule has 1 atom stereocenters. The maximum absolute atomic E-state index is 12.2. The minimum Gasteiger partial charge on any atom is -0.462 e. The first-order chi connectivity index (χ1) is 29.6. The van der Waals surface area contributed by atoms with E-state index in [0.29, 0.717) is 12.8 Å². The Morgan fingerprint density at radius 3 is 1.02 bits per heavy atom. The summed E-state index contributed by atoms with van der Waals surface area (Å²) < 4.78 is 10.6. The zero-order chi connectivity index (χ0) is 43.5. The van der Waals surface area contributed by atoms with Crippen LogP contribution in [-0.4, -0.2) is 36.4 Å². The van der Waals surface area contributed by atoms with E-state index in [2.05, 4.69) is 148 Å². The molecule has 0 aliphatic heterocycles. The first-order valence-corrected chi connectivity index (χ1v) is 23.7.